The maximum Gasteiger partial charge on any atom is 0.449 e. The first kappa shape index (κ1) is 19.4. The zero-order chi connectivity index (χ0) is 20.9. The predicted molar refractivity (Wildman–Crippen MR) is 99.6 cm³/mol. The number of H-pyrrole nitrogens is 1. The lowest BCUT2D eigenvalue weighted by Crippen LogP contribution is -2.37. The average Bonchev–Trinajstić information content (AvgIpc) is 2.63. The number of rotatable bonds is 2. The Balaban J connectivity index is 1.64. The first-order valence-electron chi connectivity index (χ1n) is 9.06. The molecule has 29 heavy (non-hydrogen) atoms. The van der Waals surface area contributed by atoms with Crippen molar-refractivity contribution in [1.82, 2.24) is 14.9 Å². The first-order chi connectivity index (χ1) is 13.6. The Bertz CT molecular complexity index is 1230. The Kier molecular flexibility index (Phi) is 4.57. The molecule has 0 radical (unpaired) electrons. The Morgan fingerprint density at radius 3 is 2.72 bits per heavy atom. The van der Waals surface area contributed by atoms with Crippen LogP contribution in [0.3, 0.4) is 0 Å². The summed E-state index contributed by atoms with van der Waals surface area (Å²) in [6.07, 6.45) is -3.10. The van der Waals surface area contributed by atoms with Crippen LogP contribution in [0.15, 0.2) is 32.4 Å². The van der Waals surface area contributed by atoms with Crippen LogP contribution in [-0.2, 0) is 25.7 Å². The lowest BCUT2D eigenvalue weighted by Gasteiger charge is -2.27. The second-order valence-electron chi connectivity index (χ2n) is 7.34. The minimum Gasteiger partial charge on any atom is -0.464 e. The van der Waals surface area contributed by atoms with Crippen LogP contribution >= 0.6 is 0 Å². The molecule has 0 fully saturated rings. The van der Waals surface area contributed by atoms with Gasteiger partial charge in [0.05, 0.1) is 22.9 Å². The molecule has 3 heterocycles. The minimum absolute atomic E-state index is 0.111. The topological polar surface area (TPSA) is 79.2 Å². The summed E-state index contributed by atoms with van der Waals surface area (Å²) in [6.45, 7) is 4.48. The highest BCUT2D eigenvalue weighted by Crippen LogP contribution is 2.27. The number of aromatic nitrogens is 2. The van der Waals surface area contributed by atoms with Crippen LogP contribution in [0.2, 0.25) is 0 Å². The molecule has 9 heteroatoms. The average molecular weight is 405 g/mol. The monoisotopic (exact) mass is 405 g/mol. The van der Waals surface area contributed by atoms with Gasteiger partial charge in [0.25, 0.3) is 5.56 Å². The molecule has 2 aromatic heterocycles. The van der Waals surface area contributed by atoms with Crippen molar-refractivity contribution < 1.29 is 17.6 Å². The van der Waals surface area contributed by atoms with E-state index in [2.05, 4.69) is 4.98 Å². The number of nitrogens with one attached hydrogen (secondary N) is 1. The highest BCUT2D eigenvalue weighted by Gasteiger charge is 2.36. The van der Waals surface area contributed by atoms with Crippen LogP contribution in [0.1, 0.15) is 33.8 Å². The maximum absolute atomic E-state index is 12.9. The van der Waals surface area contributed by atoms with E-state index in [0.29, 0.717) is 23.1 Å². The number of nitrogens with zero attached hydrogens (tertiary/aromatic N) is 2. The zero-order valence-corrected chi connectivity index (χ0v) is 15.8. The summed E-state index contributed by atoms with van der Waals surface area (Å²) in [6, 6.07) is 3.71. The molecular weight excluding hydrogens is 387 g/mol. The molecular formula is C20H18F3N3O3. The van der Waals surface area contributed by atoms with E-state index in [1.807, 2.05) is 29.8 Å². The molecule has 0 bridgehead atoms. The van der Waals surface area contributed by atoms with Crippen molar-refractivity contribution in [2.75, 3.05) is 6.54 Å². The standard InChI is InChI=1S/C20H18F3N3O3/c1-10-5-11(2)16-15(6-10)29-9-12(17(16)27)7-26-4-3-14-13(8-26)18(28)25-19(24-14)20(21,22)23/h5-6,9H,3-4,7-8H2,1-2H3,(H,24,25,28). The Morgan fingerprint density at radius 1 is 1.24 bits per heavy atom. The molecule has 1 aliphatic heterocycles. The van der Waals surface area contributed by atoms with Gasteiger partial charge in [0.1, 0.15) is 5.58 Å². The van der Waals surface area contributed by atoms with E-state index in [1.54, 1.807) is 6.07 Å². The molecule has 4 rings (SSSR count). The number of aryl methyl sites for hydroxylation is 2. The van der Waals surface area contributed by atoms with Gasteiger partial charge >= 0.3 is 6.18 Å². The number of hydrogen-bond acceptors (Lipinski definition) is 5. The summed E-state index contributed by atoms with van der Waals surface area (Å²) in [5.74, 6) is -1.28. The third kappa shape index (κ3) is 3.57. The third-order valence-corrected chi connectivity index (χ3v) is 5.10. The minimum atomic E-state index is -4.70. The molecule has 6 nitrogen and oxygen atoms in total. The van der Waals surface area contributed by atoms with Crippen molar-refractivity contribution in [2.45, 2.75) is 39.5 Å². The van der Waals surface area contributed by atoms with Crippen LogP contribution in [0, 0.1) is 13.8 Å². The van der Waals surface area contributed by atoms with Crippen LogP contribution in [0.25, 0.3) is 11.0 Å². The van der Waals surface area contributed by atoms with Crippen LogP contribution in [0.5, 0.6) is 0 Å². The molecule has 0 amide bonds. The molecule has 0 atom stereocenters. The van der Waals surface area contributed by atoms with Crippen LogP contribution in [0.4, 0.5) is 13.2 Å². The molecule has 0 saturated heterocycles. The SMILES string of the molecule is Cc1cc(C)c2c(=O)c(CN3CCc4nc(C(F)(F)F)[nH]c(=O)c4C3)coc2c1. The predicted octanol–water partition coefficient (Wildman–Crippen LogP) is 3.07. The number of alkyl halides is 3. The van der Waals surface area contributed by atoms with Gasteiger partial charge in [-0.2, -0.15) is 13.2 Å². The molecule has 0 unspecified atom stereocenters. The fraction of sp³-hybridized carbons (Fsp3) is 0.350. The van der Waals surface area contributed by atoms with Crippen molar-refractivity contribution >= 4 is 11.0 Å². The number of halogens is 3. The molecule has 3 aromatic rings. The van der Waals surface area contributed by atoms with Gasteiger partial charge in [-0.1, -0.05) is 6.07 Å². The van der Waals surface area contributed by atoms with Gasteiger partial charge in [0, 0.05) is 31.6 Å². The number of aromatic amines is 1. The van der Waals surface area contributed by atoms with Crippen molar-refractivity contribution in [3.63, 3.8) is 0 Å². The van der Waals surface area contributed by atoms with Crippen LogP contribution < -0.4 is 11.0 Å². The Hall–Kier alpha value is -2.94. The molecule has 0 saturated carbocycles. The van der Waals surface area contributed by atoms with E-state index < -0.39 is 17.6 Å². The summed E-state index contributed by atoms with van der Waals surface area (Å²) in [5, 5.41) is 0.514. The van der Waals surface area contributed by atoms with E-state index in [1.165, 1.54) is 6.26 Å². The van der Waals surface area contributed by atoms with Gasteiger partial charge < -0.3 is 9.40 Å². The smallest absolute Gasteiger partial charge is 0.449 e. The van der Waals surface area contributed by atoms with E-state index in [-0.39, 0.29) is 36.2 Å². The van der Waals surface area contributed by atoms with Gasteiger partial charge in [-0.25, -0.2) is 4.98 Å². The largest absolute Gasteiger partial charge is 0.464 e. The summed E-state index contributed by atoms with van der Waals surface area (Å²) >= 11 is 0. The first-order valence-corrected chi connectivity index (χ1v) is 9.06. The third-order valence-electron chi connectivity index (χ3n) is 5.10. The lowest BCUT2D eigenvalue weighted by atomic mass is 10.0. The highest BCUT2D eigenvalue weighted by molar-refractivity contribution is 5.81. The van der Waals surface area contributed by atoms with Crippen molar-refractivity contribution in [3.8, 4) is 0 Å². The van der Waals surface area contributed by atoms with E-state index >= 15 is 0 Å². The van der Waals surface area contributed by atoms with E-state index in [4.69, 9.17) is 4.42 Å². The van der Waals surface area contributed by atoms with Crippen molar-refractivity contribution in [3.05, 3.63) is 72.7 Å². The Morgan fingerprint density at radius 2 is 2.00 bits per heavy atom. The van der Waals surface area contributed by atoms with Gasteiger partial charge in [-0.15, -0.1) is 0 Å². The lowest BCUT2D eigenvalue weighted by molar-refractivity contribution is -0.145. The number of benzene rings is 1. The zero-order valence-electron chi connectivity index (χ0n) is 15.8. The quantitative estimate of drug-likeness (QED) is 0.709. The van der Waals surface area contributed by atoms with Gasteiger partial charge in [0.2, 0.25) is 5.82 Å². The second kappa shape index (κ2) is 6.84. The highest BCUT2D eigenvalue weighted by atomic mass is 19.4. The summed E-state index contributed by atoms with van der Waals surface area (Å²) in [4.78, 5) is 32.3. The number of hydrogen-bond donors (Lipinski definition) is 1. The molecule has 0 aliphatic carbocycles. The van der Waals surface area contributed by atoms with E-state index in [9.17, 15) is 22.8 Å². The van der Waals surface area contributed by atoms with Gasteiger partial charge in [0.15, 0.2) is 5.43 Å². The second-order valence-corrected chi connectivity index (χ2v) is 7.34. The Labute approximate surface area is 163 Å². The van der Waals surface area contributed by atoms with Crippen LogP contribution in [-0.4, -0.2) is 21.4 Å². The van der Waals surface area contributed by atoms with Gasteiger partial charge in [-0.3, -0.25) is 14.5 Å². The summed E-state index contributed by atoms with van der Waals surface area (Å²) in [5.41, 5.74) is 2.15. The molecule has 0 spiro atoms. The molecule has 1 aliphatic rings. The fourth-order valence-corrected chi connectivity index (χ4v) is 3.76. The molecule has 152 valence electrons. The molecule has 1 N–H and O–H groups in total. The number of fused-ring (bicyclic) bond motifs is 2. The normalized spacial score (nSPS) is 14.9. The van der Waals surface area contributed by atoms with Crippen molar-refractivity contribution in [2.24, 2.45) is 0 Å². The van der Waals surface area contributed by atoms with Crippen molar-refractivity contribution in [1.29, 1.82) is 0 Å². The fourth-order valence-electron chi connectivity index (χ4n) is 3.76. The molecule has 1 aromatic carbocycles. The summed E-state index contributed by atoms with van der Waals surface area (Å²) < 4.78 is 44.2. The maximum atomic E-state index is 12.9. The van der Waals surface area contributed by atoms with E-state index in [0.717, 1.165) is 11.1 Å². The van der Waals surface area contributed by atoms with Gasteiger partial charge in [-0.05, 0) is 31.0 Å². The summed E-state index contributed by atoms with van der Waals surface area (Å²) in [7, 11) is 0.